The Morgan fingerprint density at radius 1 is 0.829 bits per heavy atom. The fourth-order valence-electron chi connectivity index (χ4n) is 5.43. The first-order chi connectivity index (χ1) is 17.2. The summed E-state index contributed by atoms with van der Waals surface area (Å²) in [6.07, 6.45) is 13.2. The second-order valence-corrected chi connectivity index (χ2v) is 9.43. The summed E-state index contributed by atoms with van der Waals surface area (Å²) in [6, 6.07) is 23.0. The molecule has 0 spiro atoms. The average Bonchev–Trinajstić information content (AvgIpc) is 3.50. The predicted molar refractivity (Wildman–Crippen MR) is 143 cm³/mol. The second-order valence-electron chi connectivity index (χ2n) is 9.43. The van der Waals surface area contributed by atoms with E-state index in [2.05, 4.69) is 92.7 Å². The Morgan fingerprint density at radius 2 is 1.57 bits per heavy atom. The minimum Gasteiger partial charge on any atom is -0.461 e. The quantitative estimate of drug-likeness (QED) is 0.365. The van der Waals surface area contributed by atoms with Gasteiger partial charge in [-0.1, -0.05) is 66.8 Å². The van der Waals surface area contributed by atoms with Crippen molar-refractivity contribution < 1.29 is 9.15 Å². The summed E-state index contributed by atoms with van der Waals surface area (Å²) in [7, 11) is 0. The molecule has 2 aromatic carbocycles. The summed E-state index contributed by atoms with van der Waals surface area (Å²) in [4.78, 5) is 0. The summed E-state index contributed by atoms with van der Waals surface area (Å²) in [6.45, 7) is 4.18. The molecule has 2 nitrogen and oxygen atoms in total. The van der Waals surface area contributed by atoms with Crippen LogP contribution in [0, 0.1) is 6.92 Å². The lowest BCUT2D eigenvalue weighted by atomic mass is 10.0. The monoisotopic (exact) mass is 457 g/mol. The molecule has 3 aromatic rings. The molecule has 2 heteroatoms. The van der Waals surface area contributed by atoms with Gasteiger partial charge < -0.3 is 4.74 Å². The van der Waals surface area contributed by atoms with Crippen molar-refractivity contribution in [2.24, 2.45) is 0 Å². The number of hydrogen-bond donors (Lipinski definition) is 0. The molecule has 0 N–H and O–H groups in total. The molecule has 1 aromatic heterocycles. The highest BCUT2D eigenvalue weighted by atomic mass is 16.5. The normalized spacial score (nSPS) is 18.2. The first-order valence-corrected chi connectivity index (χ1v) is 12.5. The van der Waals surface area contributed by atoms with Crippen LogP contribution in [0.5, 0.6) is 0 Å². The molecule has 2 heterocycles. The van der Waals surface area contributed by atoms with Crippen molar-refractivity contribution in [2.75, 3.05) is 0 Å². The van der Waals surface area contributed by atoms with Gasteiger partial charge in [-0.05, 0) is 78.7 Å². The summed E-state index contributed by atoms with van der Waals surface area (Å²) in [5.74, 6) is 3.93. The van der Waals surface area contributed by atoms with Crippen LogP contribution in [0.3, 0.4) is 0 Å². The molecule has 0 saturated heterocycles. The SMILES string of the molecule is CC1=C2CCC(C=CC=C3CCc4c3cc(-c3ccccc3)[o+]c4C)=C2C=C(c2ccccc2)O1. The van der Waals surface area contributed by atoms with Crippen LogP contribution in [0.15, 0.2) is 118 Å². The Kier molecular flexibility index (Phi) is 5.58. The molecule has 6 rings (SSSR count). The maximum Gasteiger partial charge on any atom is 0.360 e. The van der Waals surface area contributed by atoms with Crippen LogP contribution in [0.25, 0.3) is 22.7 Å². The van der Waals surface area contributed by atoms with Crippen LogP contribution in [-0.2, 0) is 11.2 Å². The topological polar surface area (TPSA) is 20.5 Å². The number of allylic oxidation sites excluding steroid dienone is 9. The van der Waals surface area contributed by atoms with E-state index in [9.17, 15) is 0 Å². The van der Waals surface area contributed by atoms with Gasteiger partial charge in [-0.15, -0.1) is 0 Å². The molecule has 1 aliphatic heterocycles. The summed E-state index contributed by atoms with van der Waals surface area (Å²) < 4.78 is 12.4. The van der Waals surface area contributed by atoms with Gasteiger partial charge in [0, 0.05) is 5.56 Å². The molecule has 3 aliphatic rings. The van der Waals surface area contributed by atoms with E-state index >= 15 is 0 Å². The third kappa shape index (κ3) is 4.10. The van der Waals surface area contributed by atoms with Gasteiger partial charge in [0.25, 0.3) is 0 Å². The first kappa shape index (κ1) is 21.6. The number of ether oxygens (including phenoxy) is 1. The molecule has 0 saturated carbocycles. The van der Waals surface area contributed by atoms with Gasteiger partial charge in [-0.2, -0.15) is 0 Å². The molecule has 0 atom stereocenters. The molecular formula is C33H29O2+. The van der Waals surface area contributed by atoms with Gasteiger partial charge in [0.05, 0.1) is 24.1 Å². The van der Waals surface area contributed by atoms with E-state index in [1.807, 2.05) is 12.1 Å². The van der Waals surface area contributed by atoms with E-state index in [1.54, 1.807) is 0 Å². The van der Waals surface area contributed by atoms with Gasteiger partial charge in [0.2, 0.25) is 0 Å². The van der Waals surface area contributed by atoms with Gasteiger partial charge in [-0.3, -0.25) is 0 Å². The predicted octanol–water partition coefficient (Wildman–Crippen LogP) is 8.86. The fraction of sp³-hybridized carbons (Fsp3) is 0.182. The number of benzene rings is 2. The zero-order chi connectivity index (χ0) is 23.8. The van der Waals surface area contributed by atoms with Crippen molar-refractivity contribution in [1.82, 2.24) is 0 Å². The minimum atomic E-state index is 0.936. The highest BCUT2D eigenvalue weighted by Gasteiger charge is 2.28. The number of rotatable bonds is 4. The highest BCUT2D eigenvalue weighted by molar-refractivity contribution is 5.77. The standard InChI is InChI=1S/C33H29O2/c1-22-28-18-16-24(30(28)20-32(34-22)26-10-5-3-6-11-26)14-9-15-25-17-19-29-23(2)35-33(21-31(25)29)27-12-7-4-8-13-27/h3-15,20-21H,16-19H2,1-2H3/q+1. The molecule has 0 amide bonds. The van der Waals surface area contributed by atoms with Crippen LogP contribution < -0.4 is 0 Å². The Bertz CT molecular complexity index is 1450. The molecule has 0 radical (unpaired) electrons. The minimum absolute atomic E-state index is 0.936. The van der Waals surface area contributed by atoms with Crippen molar-refractivity contribution in [1.29, 1.82) is 0 Å². The van der Waals surface area contributed by atoms with E-state index in [-0.39, 0.29) is 0 Å². The lowest BCUT2D eigenvalue weighted by Crippen LogP contribution is -2.01. The molecule has 172 valence electrons. The van der Waals surface area contributed by atoms with E-state index in [0.717, 1.165) is 59.8 Å². The first-order valence-electron chi connectivity index (χ1n) is 12.5. The third-order valence-corrected chi connectivity index (χ3v) is 7.27. The Balaban J connectivity index is 1.32. The van der Waals surface area contributed by atoms with Gasteiger partial charge in [0.15, 0.2) is 0 Å². The van der Waals surface area contributed by atoms with Crippen LogP contribution in [0.2, 0.25) is 0 Å². The van der Waals surface area contributed by atoms with E-state index in [4.69, 9.17) is 9.15 Å². The lowest BCUT2D eigenvalue weighted by molar-refractivity contribution is 0.373. The van der Waals surface area contributed by atoms with Gasteiger partial charge >= 0.3 is 11.5 Å². The van der Waals surface area contributed by atoms with Crippen LogP contribution in [-0.4, -0.2) is 0 Å². The summed E-state index contributed by atoms with van der Waals surface area (Å²) in [5, 5.41) is 0. The molecule has 0 fully saturated rings. The van der Waals surface area contributed by atoms with Crippen molar-refractivity contribution in [2.45, 2.75) is 39.5 Å². The van der Waals surface area contributed by atoms with Crippen LogP contribution >= 0.6 is 0 Å². The number of aryl methyl sites for hydroxylation is 1. The van der Waals surface area contributed by atoms with E-state index in [0.29, 0.717) is 0 Å². The zero-order valence-electron chi connectivity index (χ0n) is 20.3. The Labute approximate surface area is 207 Å². The zero-order valence-corrected chi connectivity index (χ0v) is 20.3. The molecule has 0 unspecified atom stereocenters. The van der Waals surface area contributed by atoms with Crippen molar-refractivity contribution in [3.63, 3.8) is 0 Å². The maximum atomic E-state index is 6.18. The largest absolute Gasteiger partial charge is 0.461 e. The number of hydrogen-bond acceptors (Lipinski definition) is 1. The van der Waals surface area contributed by atoms with Crippen LogP contribution in [0.1, 0.15) is 48.6 Å². The smallest absolute Gasteiger partial charge is 0.360 e. The van der Waals surface area contributed by atoms with Crippen molar-refractivity contribution >= 4 is 11.3 Å². The third-order valence-electron chi connectivity index (χ3n) is 7.27. The summed E-state index contributed by atoms with van der Waals surface area (Å²) in [5.41, 5.74) is 10.3. The lowest BCUT2D eigenvalue weighted by Gasteiger charge is -2.19. The van der Waals surface area contributed by atoms with Gasteiger partial charge in [-0.25, -0.2) is 4.42 Å². The molecular weight excluding hydrogens is 428 g/mol. The second kappa shape index (κ2) is 9.03. The van der Waals surface area contributed by atoms with E-state index < -0.39 is 0 Å². The van der Waals surface area contributed by atoms with Crippen molar-refractivity contribution in [3.05, 3.63) is 136 Å². The Morgan fingerprint density at radius 3 is 2.34 bits per heavy atom. The fourth-order valence-corrected chi connectivity index (χ4v) is 5.43. The van der Waals surface area contributed by atoms with Gasteiger partial charge in [0.1, 0.15) is 11.5 Å². The van der Waals surface area contributed by atoms with Crippen molar-refractivity contribution in [3.8, 4) is 11.3 Å². The van der Waals surface area contributed by atoms with Crippen LogP contribution in [0.4, 0.5) is 0 Å². The maximum absolute atomic E-state index is 6.18. The highest BCUT2D eigenvalue weighted by Crippen LogP contribution is 2.42. The van der Waals surface area contributed by atoms with E-state index in [1.165, 1.54) is 33.4 Å². The molecule has 0 bridgehead atoms. The molecule has 2 aliphatic carbocycles. The molecule has 35 heavy (non-hydrogen) atoms. The number of fused-ring (bicyclic) bond motifs is 2. The summed E-state index contributed by atoms with van der Waals surface area (Å²) >= 11 is 0. The Hall–Kier alpha value is -3.91. The average molecular weight is 458 g/mol.